The fourth-order valence-corrected chi connectivity index (χ4v) is 4.15. The van der Waals surface area contributed by atoms with Crippen molar-refractivity contribution < 1.29 is 9.53 Å². The van der Waals surface area contributed by atoms with Crippen LogP contribution in [0.4, 0.5) is 11.5 Å². The quantitative estimate of drug-likeness (QED) is 0.903. The van der Waals surface area contributed by atoms with Crippen molar-refractivity contribution >= 4 is 17.4 Å². The first kappa shape index (κ1) is 16.8. The molecule has 1 N–H and O–H groups in total. The lowest BCUT2D eigenvalue weighted by Gasteiger charge is -2.34. The van der Waals surface area contributed by atoms with Crippen LogP contribution in [-0.4, -0.2) is 62.2 Å². The van der Waals surface area contributed by atoms with Crippen LogP contribution < -0.4 is 10.2 Å². The van der Waals surface area contributed by atoms with Gasteiger partial charge < -0.3 is 19.9 Å². The number of pyridine rings is 1. The number of anilines is 2. The van der Waals surface area contributed by atoms with Gasteiger partial charge in [0.05, 0.1) is 0 Å². The van der Waals surface area contributed by atoms with Crippen LogP contribution in [0.15, 0.2) is 18.3 Å². The van der Waals surface area contributed by atoms with Gasteiger partial charge in [0.1, 0.15) is 5.82 Å². The van der Waals surface area contributed by atoms with Crippen LogP contribution in [-0.2, 0) is 9.53 Å². The molecule has 6 nitrogen and oxygen atoms in total. The summed E-state index contributed by atoms with van der Waals surface area (Å²) in [5.41, 5.74) is 1.15. The SMILES string of the molecule is CN1CCN(c2ccnc(NC(=O)[C@@H]3C[C@H]3C3CCOCC3)c2)CC1. The van der Waals surface area contributed by atoms with Gasteiger partial charge in [0.25, 0.3) is 0 Å². The standard InChI is InChI=1S/C19H28N4O2/c1-22-6-8-23(9-7-22)15-2-5-20-18(12-15)21-19(24)17-13-16(17)14-3-10-25-11-4-14/h2,5,12,14,16-17H,3-4,6-11,13H2,1H3,(H,20,21,24)/t16-,17+/m0/s1. The zero-order chi connectivity index (χ0) is 17.2. The third kappa shape index (κ3) is 3.96. The fourth-order valence-electron chi connectivity index (χ4n) is 4.15. The van der Waals surface area contributed by atoms with Gasteiger partial charge >= 0.3 is 0 Å². The third-order valence-corrected chi connectivity index (χ3v) is 5.91. The highest BCUT2D eigenvalue weighted by Crippen LogP contribution is 2.48. The molecule has 6 heteroatoms. The Morgan fingerprint density at radius 1 is 1.24 bits per heavy atom. The lowest BCUT2D eigenvalue weighted by Crippen LogP contribution is -2.44. The Labute approximate surface area is 149 Å². The zero-order valence-corrected chi connectivity index (χ0v) is 15.0. The lowest BCUT2D eigenvalue weighted by atomic mass is 9.93. The number of nitrogens with zero attached hydrogens (tertiary/aromatic N) is 3. The van der Waals surface area contributed by atoms with Crippen molar-refractivity contribution in [2.75, 3.05) is 56.7 Å². The molecule has 136 valence electrons. The zero-order valence-electron chi connectivity index (χ0n) is 15.0. The number of hydrogen-bond donors (Lipinski definition) is 1. The first-order chi connectivity index (χ1) is 12.2. The lowest BCUT2D eigenvalue weighted by molar-refractivity contribution is -0.117. The highest BCUT2D eigenvalue weighted by molar-refractivity contribution is 5.94. The maximum Gasteiger partial charge on any atom is 0.228 e. The Bertz CT molecular complexity index is 609. The molecule has 0 spiro atoms. The molecule has 3 aliphatic rings. The van der Waals surface area contributed by atoms with Crippen LogP contribution >= 0.6 is 0 Å². The second-order valence-corrected chi connectivity index (χ2v) is 7.63. The Hall–Kier alpha value is -1.66. The number of carbonyl (C=O) groups excluding carboxylic acids is 1. The normalized spacial score (nSPS) is 28.0. The minimum atomic E-state index is 0.138. The molecule has 2 atom stereocenters. The van der Waals surface area contributed by atoms with Gasteiger partial charge in [0.2, 0.25) is 5.91 Å². The molecule has 0 bridgehead atoms. The summed E-state index contributed by atoms with van der Waals surface area (Å²) in [6, 6.07) is 4.04. The fraction of sp³-hybridized carbons (Fsp3) is 0.684. The van der Waals surface area contributed by atoms with Crippen molar-refractivity contribution in [1.82, 2.24) is 9.88 Å². The number of rotatable bonds is 4. The molecule has 1 aromatic heterocycles. The number of carbonyl (C=O) groups is 1. The summed E-state index contributed by atoms with van der Waals surface area (Å²) >= 11 is 0. The van der Waals surface area contributed by atoms with E-state index in [-0.39, 0.29) is 11.8 Å². The van der Waals surface area contributed by atoms with Crippen LogP contribution in [0.25, 0.3) is 0 Å². The Balaban J connectivity index is 1.33. The van der Waals surface area contributed by atoms with E-state index >= 15 is 0 Å². The summed E-state index contributed by atoms with van der Waals surface area (Å²) in [7, 11) is 2.15. The van der Waals surface area contributed by atoms with Crippen LogP contribution in [0.5, 0.6) is 0 Å². The minimum Gasteiger partial charge on any atom is -0.381 e. The number of ether oxygens (including phenoxy) is 1. The van der Waals surface area contributed by atoms with Crippen molar-refractivity contribution in [2.45, 2.75) is 19.3 Å². The molecular weight excluding hydrogens is 316 g/mol. The predicted molar refractivity (Wildman–Crippen MR) is 97.7 cm³/mol. The molecule has 0 radical (unpaired) electrons. The molecule has 1 aromatic rings. The van der Waals surface area contributed by atoms with Crippen molar-refractivity contribution in [2.24, 2.45) is 17.8 Å². The van der Waals surface area contributed by atoms with E-state index in [1.54, 1.807) is 6.20 Å². The molecule has 1 aliphatic carbocycles. The maximum absolute atomic E-state index is 12.6. The number of aromatic nitrogens is 1. The molecule has 0 aromatic carbocycles. The highest BCUT2D eigenvalue weighted by atomic mass is 16.5. The van der Waals surface area contributed by atoms with E-state index in [9.17, 15) is 4.79 Å². The van der Waals surface area contributed by atoms with Crippen LogP contribution in [0.1, 0.15) is 19.3 Å². The number of nitrogens with one attached hydrogen (secondary N) is 1. The van der Waals surface area contributed by atoms with Crippen LogP contribution in [0, 0.1) is 17.8 Å². The van der Waals surface area contributed by atoms with E-state index in [2.05, 4.69) is 27.1 Å². The van der Waals surface area contributed by atoms with Crippen LogP contribution in [0.3, 0.4) is 0 Å². The Morgan fingerprint density at radius 3 is 2.76 bits per heavy atom. The number of amides is 1. The van der Waals surface area contributed by atoms with E-state index in [0.29, 0.717) is 17.7 Å². The largest absolute Gasteiger partial charge is 0.381 e. The average molecular weight is 344 g/mol. The average Bonchev–Trinajstić information content (AvgIpc) is 3.44. The molecule has 2 aliphatic heterocycles. The highest BCUT2D eigenvalue weighted by Gasteiger charge is 2.47. The summed E-state index contributed by atoms with van der Waals surface area (Å²) in [6.07, 6.45) is 5.03. The monoisotopic (exact) mass is 344 g/mol. The van der Waals surface area contributed by atoms with Gasteiger partial charge in [0, 0.05) is 63.3 Å². The van der Waals surface area contributed by atoms with Crippen molar-refractivity contribution in [3.63, 3.8) is 0 Å². The predicted octanol–water partition coefficient (Wildman–Crippen LogP) is 1.83. The molecule has 0 unspecified atom stereocenters. The number of likely N-dealkylation sites (N-methyl/N-ethyl adjacent to an activating group) is 1. The molecule has 4 rings (SSSR count). The maximum atomic E-state index is 12.6. The molecule has 1 saturated carbocycles. The third-order valence-electron chi connectivity index (χ3n) is 5.91. The molecular formula is C19H28N4O2. The van der Waals surface area contributed by atoms with Gasteiger partial charge in [-0.2, -0.15) is 0 Å². The summed E-state index contributed by atoms with van der Waals surface area (Å²) in [4.78, 5) is 21.6. The minimum absolute atomic E-state index is 0.138. The van der Waals surface area contributed by atoms with Crippen molar-refractivity contribution in [1.29, 1.82) is 0 Å². The van der Waals surface area contributed by atoms with Crippen LogP contribution in [0.2, 0.25) is 0 Å². The topological polar surface area (TPSA) is 57.7 Å². The Morgan fingerprint density at radius 2 is 2.00 bits per heavy atom. The van der Waals surface area contributed by atoms with E-state index in [1.807, 2.05) is 12.1 Å². The second kappa shape index (κ2) is 7.30. The second-order valence-electron chi connectivity index (χ2n) is 7.63. The van der Waals surface area contributed by atoms with Gasteiger partial charge in [0.15, 0.2) is 0 Å². The first-order valence-corrected chi connectivity index (χ1v) is 9.49. The first-order valence-electron chi connectivity index (χ1n) is 9.49. The van der Waals surface area contributed by atoms with E-state index in [1.165, 1.54) is 0 Å². The van der Waals surface area contributed by atoms with Gasteiger partial charge in [-0.3, -0.25) is 4.79 Å². The van der Waals surface area contributed by atoms with E-state index in [4.69, 9.17) is 4.74 Å². The van der Waals surface area contributed by atoms with Gasteiger partial charge in [-0.15, -0.1) is 0 Å². The summed E-state index contributed by atoms with van der Waals surface area (Å²) in [5, 5.41) is 3.04. The van der Waals surface area contributed by atoms with E-state index in [0.717, 1.165) is 64.3 Å². The smallest absolute Gasteiger partial charge is 0.228 e. The van der Waals surface area contributed by atoms with Gasteiger partial charge in [-0.1, -0.05) is 0 Å². The summed E-state index contributed by atoms with van der Waals surface area (Å²) in [5.74, 6) is 2.19. The van der Waals surface area contributed by atoms with E-state index < -0.39 is 0 Å². The number of piperazine rings is 1. The molecule has 25 heavy (non-hydrogen) atoms. The molecule has 3 heterocycles. The van der Waals surface area contributed by atoms with Crippen molar-refractivity contribution in [3.05, 3.63) is 18.3 Å². The van der Waals surface area contributed by atoms with Gasteiger partial charge in [-0.25, -0.2) is 4.98 Å². The van der Waals surface area contributed by atoms with Crippen molar-refractivity contribution in [3.8, 4) is 0 Å². The Kier molecular flexibility index (Phi) is 4.90. The molecule has 3 fully saturated rings. The summed E-state index contributed by atoms with van der Waals surface area (Å²) in [6.45, 7) is 5.87. The molecule has 1 amide bonds. The molecule has 2 saturated heterocycles. The van der Waals surface area contributed by atoms with Gasteiger partial charge in [-0.05, 0) is 44.2 Å². The summed E-state index contributed by atoms with van der Waals surface area (Å²) < 4.78 is 5.43. The number of hydrogen-bond acceptors (Lipinski definition) is 5.